The van der Waals surface area contributed by atoms with Crippen molar-refractivity contribution in [2.45, 2.75) is 26.4 Å². The molecule has 0 bridgehead atoms. The molecule has 7 nitrogen and oxygen atoms in total. The van der Waals surface area contributed by atoms with Crippen molar-refractivity contribution in [3.8, 4) is 0 Å². The first-order chi connectivity index (χ1) is 11.0. The molecular weight excluding hydrogens is 331 g/mol. The number of nitrogens with one attached hydrogen (secondary N) is 3. The minimum Gasteiger partial charge on any atom is -0.444 e. The topological polar surface area (TPSA) is 99.7 Å². The molecule has 1 aromatic carbocycles. The van der Waals surface area contributed by atoms with E-state index >= 15 is 0 Å². The van der Waals surface area contributed by atoms with Crippen molar-refractivity contribution >= 4 is 23.5 Å². The number of amides is 3. The van der Waals surface area contributed by atoms with Gasteiger partial charge in [0, 0.05) is 6.54 Å². The summed E-state index contributed by atoms with van der Waals surface area (Å²) in [5, 5.41) is 14.6. The molecule has 10 heteroatoms. The zero-order chi connectivity index (χ0) is 18.5. The maximum Gasteiger partial charge on any atom is 0.412 e. The number of ether oxygens (including phenoxy) is 1. The summed E-state index contributed by atoms with van der Waals surface area (Å²) < 4.78 is 45.9. The summed E-state index contributed by atoms with van der Waals surface area (Å²) in [7, 11) is 0. The number of rotatable bonds is 4. The number of hydrogen-bond donors (Lipinski definition) is 4. The Hall–Kier alpha value is -2.49. The second-order valence-corrected chi connectivity index (χ2v) is 5.65. The van der Waals surface area contributed by atoms with E-state index in [4.69, 9.17) is 9.84 Å². The van der Waals surface area contributed by atoms with Crippen molar-refractivity contribution < 1.29 is 32.6 Å². The van der Waals surface area contributed by atoms with Crippen LogP contribution in [-0.4, -0.2) is 36.0 Å². The number of hydrogen-bond acceptors (Lipinski definition) is 4. The van der Waals surface area contributed by atoms with Gasteiger partial charge in [0.15, 0.2) is 17.5 Å². The van der Waals surface area contributed by atoms with Gasteiger partial charge in [0.05, 0.1) is 18.0 Å². The molecule has 0 aliphatic heterocycles. The summed E-state index contributed by atoms with van der Waals surface area (Å²) in [6.45, 7) is 4.20. The normalized spacial score (nSPS) is 11.0. The van der Waals surface area contributed by atoms with Crippen LogP contribution in [0, 0.1) is 17.5 Å². The fourth-order valence-corrected chi connectivity index (χ4v) is 1.54. The van der Waals surface area contributed by atoms with Crippen molar-refractivity contribution in [3.05, 3.63) is 23.5 Å². The van der Waals surface area contributed by atoms with Crippen LogP contribution in [-0.2, 0) is 4.74 Å². The largest absolute Gasteiger partial charge is 0.444 e. The lowest BCUT2D eigenvalue weighted by Gasteiger charge is -2.20. The van der Waals surface area contributed by atoms with Crippen LogP contribution in [0.4, 0.5) is 34.1 Å². The van der Waals surface area contributed by atoms with Crippen LogP contribution in [0.5, 0.6) is 0 Å². The van der Waals surface area contributed by atoms with Crippen molar-refractivity contribution in [2.75, 3.05) is 23.8 Å². The molecule has 0 spiro atoms. The highest BCUT2D eigenvalue weighted by Crippen LogP contribution is 2.27. The average molecular weight is 349 g/mol. The van der Waals surface area contributed by atoms with Gasteiger partial charge in [0.2, 0.25) is 0 Å². The third-order valence-corrected chi connectivity index (χ3v) is 2.43. The monoisotopic (exact) mass is 349 g/mol. The van der Waals surface area contributed by atoms with E-state index in [9.17, 15) is 22.8 Å². The number of halogens is 3. The number of benzene rings is 1. The molecule has 24 heavy (non-hydrogen) atoms. The van der Waals surface area contributed by atoms with Gasteiger partial charge in [-0.05, 0) is 26.8 Å². The summed E-state index contributed by atoms with van der Waals surface area (Å²) in [5.41, 5.74) is -2.29. The first-order valence-corrected chi connectivity index (χ1v) is 6.88. The third-order valence-electron chi connectivity index (χ3n) is 2.43. The highest BCUT2D eigenvalue weighted by Gasteiger charge is 2.23. The van der Waals surface area contributed by atoms with E-state index in [1.165, 1.54) is 0 Å². The van der Waals surface area contributed by atoms with Gasteiger partial charge in [0.25, 0.3) is 0 Å². The van der Waals surface area contributed by atoms with Gasteiger partial charge >= 0.3 is 12.1 Å². The highest BCUT2D eigenvalue weighted by atomic mass is 19.2. The van der Waals surface area contributed by atoms with Crippen molar-refractivity contribution in [3.63, 3.8) is 0 Å². The van der Waals surface area contributed by atoms with E-state index in [1.54, 1.807) is 20.8 Å². The smallest absolute Gasteiger partial charge is 0.412 e. The van der Waals surface area contributed by atoms with Crippen LogP contribution >= 0.6 is 0 Å². The molecule has 0 aromatic heterocycles. The molecule has 0 saturated heterocycles. The summed E-state index contributed by atoms with van der Waals surface area (Å²) in [4.78, 5) is 23.0. The Morgan fingerprint density at radius 1 is 1.08 bits per heavy atom. The Kier molecular flexibility index (Phi) is 6.41. The predicted molar refractivity (Wildman–Crippen MR) is 80.3 cm³/mol. The first kappa shape index (κ1) is 19.6. The van der Waals surface area contributed by atoms with E-state index in [2.05, 4.69) is 5.32 Å². The number of aliphatic hydroxyl groups excluding tert-OH is 1. The van der Waals surface area contributed by atoms with Gasteiger partial charge in [-0.25, -0.2) is 22.8 Å². The lowest BCUT2D eigenvalue weighted by Crippen LogP contribution is -2.31. The Bertz CT molecular complexity index is 633. The molecule has 0 heterocycles. The minimum atomic E-state index is -1.87. The fraction of sp³-hybridized carbons (Fsp3) is 0.429. The molecule has 4 N–H and O–H groups in total. The number of carbonyl (C=O) groups excluding carboxylic acids is 2. The van der Waals surface area contributed by atoms with Crippen LogP contribution in [0.3, 0.4) is 0 Å². The zero-order valence-electron chi connectivity index (χ0n) is 13.3. The number of urea groups is 1. The molecule has 0 aliphatic rings. The molecule has 3 amide bonds. The third kappa shape index (κ3) is 5.61. The molecule has 1 rings (SSSR count). The average Bonchev–Trinajstić information content (AvgIpc) is 2.45. The fourth-order valence-electron chi connectivity index (χ4n) is 1.54. The van der Waals surface area contributed by atoms with E-state index in [1.807, 2.05) is 10.6 Å². The molecule has 0 radical (unpaired) electrons. The molecule has 134 valence electrons. The Morgan fingerprint density at radius 3 is 2.12 bits per heavy atom. The van der Waals surface area contributed by atoms with Crippen LogP contribution in [0.2, 0.25) is 0 Å². The maximum absolute atomic E-state index is 13.7. The van der Waals surface area contributed by atoms with E-state index < -0.39 is 46.6 Å². The minimum absolute atomic E-state index is 0.125. The zero-order valence-corrected chi connectivity index (χ0v) is 13.3. The molecular formula is C14H18F3N3O4. The van der Waals surface area contributed by atoms with Crippen molar-refractivity contribution in [1.82, 2.24) is 5.32 Å². The Labute approximate surface area is 136 Å². The lowest BCUT2D eigenvalue weighted by atomic mass is 10.2. The van der Waals surface area contributed by atoms with Gasteiger partial charge in [0.1, 0.15) is 5.60 Å². The first-order valence-electron chi connectivity index (χ1n) is 6.88. The van der Waals surface area contributed by atoms with E-state index in [0.29, 0.717) is 6.07 Å². The SMILES string of the molecule is CC(C)(C)OC(=O)Nc1cc(NC(=O)NCCO)c(F)c(F)c1F. The molecule has 0 fully saturated rings. The quantitative estimate of drug-likeness (QED) is 0.628. The Morgan fingerprint density at radius 2 is 1.62 bits per heavy atom. The van der Waals surface area contributed by atoms with Gasteiger partial charge in [-0.1, -0.05) is 0 Å². The van der Waals surface area contributed by atoms with Crippen LogP contribution in [0.1, 0.15) is 20.8 Å². The van der Waals surface area contributed by atoms with Crippen molar-refractivity contribution in [1.29, 1.82) is 0 Å². The summed E-state index contributed by atoms with van der Waals surface area (Å²) in [5.74, 6) is -5.15. The van der Waals surface area contributed by atoms with E-state index in [-0.39, 0.29) is 13.2 Å². The van der Waals surface area contributed by atoms with Gasteiger partial charge in [-0.3, -0.25) is 5.32 Å². The second kappa shape index (κ2) is 7.86. The van der Waals surface area contributed by atoms with E-state index in [0.717, 1.165) is 0 Å². The molecule has 1 aromatic rings. The maximum atomic E-state index is 13.7. The van der Waals surface area contributed by atoms with Crippen LogP contribution in [0.25, 0.3) is 0 Å². The molecule has 0 saturated carbocycles. The second-order valence-electron chi connectivity index (χ2n) is 5.65. The van der Waals surface area contributed by atoms with Crippen LogP contribution in [0.15, 0.2) is 6.07 Å². The van der Waals surface area contributed by atoms with Crippen molar-refractivity contribution in [2.24, 2.45) is 0 Å². The highest BCUT2D eigenvalue weighted by molar-refractivity contribution is 5.91. The summed E-state index contributed by atoms with van der Waals surface area (Å²) in [6.07, 6.45) is -1.08. The van der Waals surface area contributed by atoms with Crippen LogP contribution < -0.4 is 16.0 Å². The van der Waals surface area contributed by atoms with Gasteiger partial charge in [-0.2, -0.15) is 0 Å². The number of aliphatic hydroxyl groups is 1. The molecule has 0 aliphatic carbocycles. The van der Waals surface area contributed by atoms with Gasteiger partial charge in [-0.15, -0.1) is 0 Å². The lowest BCUT2D eigenvalue weighted by molar-refractivity contribution is 0.0635. The summed E-state index contributed by atoms with van der Waals surface area (Å²) >= 11 is 0. The molecule has 0 unspecified atom stereocenters. The summed E-state index contributed by atoms with van der Waals surface area (Å²) in [6, 6.07) is -0.243. The molecule has 0 atom stereocenters. The number of carbonyl (C=O) groups is 2. The predicted octanol–water partition coefficient (Wildman–Crippen LogP) is 2.56. The Balaban J connectivity index is 3.01. The number of anilines is 2. The standard InChI is InChI=1S/C14H18F3N3O4/c1-14(2,3)24-13(23)20-8-6-7(9(15)11(17)10(8)16)19-12(22)18-4-5-21/h6,21H,4-5H2,1-3H3,(H,20,23)(H2,18,19,22). The van der Waals surface area contributed by atoms with Gasteiger partial charge < -0.3 is 20.5 Å².